The maximum atomic E-state index is 14.2. The standard InChI is InChI=1S/C33H34F2N8O7S/c34-33(35)14-10-22(11-15-33)27(38-30(44)29-28(21-4-5-21)39-50-40-29)25-19-42-26(37-25)16-20(18-36-42)17-32(12-2-1-3-13-32)31(45)41-51(48,49)24-8-6-23(7-9-24)43(46)47/h1-2,6-9,16,18-19,21-22,27H,3-5,10-15,17H2,(H,38,44)(H,41,45)/t27-,32?/m0/s1. The zero-order valence-electron chi connectivity index (χ0n) is 27.2. The zero-order chi connectivity index (χ0) is 36.0. The topological polar surface area (TPSA) is 205 Å². The van der Waals surface area contributed by atoms with Crippen molar-refractivity contribution >= 4 is 33.2 Å². The van der Waals surface area contributed by atoms with E-state index in [0.717, 1.165) is 37.1 Å². The molecule has 3 aromatic heterocycles. The number of carbonyl (C=O) groups is 2. The summed E-state index contributed by atoms with van der Waals surface area (Å²) in [7, 11) is -4.35. The molecule has 2 atom stereocenters. The van der Waals surface area contributed by atoms with Crippen LogP contribution in [0.2, 0.25) is 0 Å². The Hall–Kier alpha value is -5.13. The molecule has 7 rings (SSSR count). The molecule has 2 amide bonds. The molecular weight excluding hydrogens is 690 g/mol. The number of non-ortho nitro benzene ring substituents is 1. The van der Waals surface area contributed by atoms with E-state index in [1.165, 1.54) is 4.52 Å². The summed E-state index contributed by atoms with van der Waals surface area (Å²) in [5.41, 5.74) is 0.473. The van der Waals surface area contributed by atoms with Crippen molar-refractivity contribution in [2.45, 2.75) is 87.0 Å². The van der Waals surface area contributed by atoms with Crippen molar-refractivity contribution in [1.82, 2.24) is 35.0 Å². The molecule has 1 aromatic carbocycles. The number of nitrogens with zero attached hydrogens (tertiary/aromatic N) is 6. The highest BCUT2D eigenvalue weighted by Crippen LogP contribution is 2.43. The molecule has 3 heterocycles. The molecule has 3 aliphatic carbocycles. The molecule has 51 heavy (non-hydrogen) atoms. The Morgan fingerprint density at radius 1 is 1.08 bits per heavy atom. The van der Waals surface area contributed by atoms with Crippen LogP contribution in [0, 0.1) is 21.4 Å². The van der Waals surface area contributed by atoms with Crippen molar-refractivity contribution in [2.24, 2.45) is 11.3 Å². The van der Waals surface area contributed by atoms with Crippen LogP contribution in [-0.4, -0.2) is 56.0 Å². The zero-order valence-corrected chi connectivity index (χ0v) is 28.0. The van der Waals surface area contributed by atoms with E-state index in [2.05, 4.69) is 25.5 Å². The van der Waals surface area contributed by atoms with E-state index in [9.17, 15) is 36.9 Å². The van der Waals surface area contributed by atoms with Crippen LogP contribution in [0.15, 0.2) is 64.4 Å². The Bertz CT molecular complexity index is 2120. The average molecular weight is 725 g/mol. The number of nitro groups is 1. The van der Waals surface area contributed by atoms with Gasteiger partial charge in [0.1, 0.15) is 5.69 Å². The third kappa shape index (κ3) is 7.22. The fraction of sp³-hybridized carbons (Fsp3) is 0.455. The number of imidazole rings is 1. The molecule has 15 nitrogen and oxygen atoms in total. The summed E-state index contributed by atoms with van der Waals surface area (Å²) >= 11 is 0. The summed E-state index contributed by atoms with van der Waals surface area (Å²) in [4.78, 5) is 42.0. The van der Waals surface area contributed by atoms with Gasteiger partial charge in [0.05, 0.1) is 39.4 Å². The van der Waals surface area contributed by atoms with E-state index >= 15 is 0 Å². The fourth-order valence-corrected chi connectivity index (χ4v) is 8.03. The van der Waals surface area contributed by atoms with Gasteiger partial charge in [0.15, 0.2) is 11.3 Å². The molecule has 268 valence electrons. The van der Waals surface area contributed by atoms with E-state index < -0.39 is 44.1 Å². The van der Waals surface area contributed by atoms with Crippen LogP contribution in [0.1, 0.15) is 97.2 Å². The van der Waals surface area contributed by atoms with Gasteiger partial charge in [-0.3, -0.25) is 19.7 Å². The predicted octanol–water partition coefficient (Wildman–Crippen LogP) is 4.97. The minimum absolute atomic E-state index is 0.0634. The molecule has 3 aliphatic rings. The van der Waals surface area contributed by atoms with Crippen LogP contribution in [0.4, 0.5) is 14.5 Å². The number of hydrogen-bond donors (Lipinski definition) is 2. The number of rotatable bonds is 11. The molecule has 1 unspecified atom stereocenters. The van der Waals surface area contributed by atoms with E-state index in [1.54, 1.807) is 18.5 Å². The highest BCUT2D eigenvalue weighted by molar-refractivity contribution is 7.90. The Kier molecular flexibility index (Phi) is 8.89. The first-order valence-corrected chi connectivity index (χ1v) is 18.1. The van der Waals surface area contributed by atoms with Gasteiger partial charge in [-0.25, -0.2) is 36.0 Å². The van der Waals surface area contributed by atoms with Crippen molar-refractivity contribution in [3.05, 3.63) is 87.6 Å². The quantitative estimate of drug-likeness (QED) is 0.120. The van der Waals surface area contributed by atoms with Crippen LogP contribution in [0.3, 0.4) is 0 Å². The highest BCUT2D eigenvalue weighted by Gasteiger charge is 2.42. The molecule has 2 saturated carbocycles. The van der Waals surface area contributed by atoms with Gasteiger partial charge in [-0.15, -0.1) is 0 Å². The highest BCUT2D eigenvalue weighted by atomic mass is 32.2. The lowest BCUT2D eigenvalue weighted by molar-refractivity contribution is -0.384. The largest absolute Gasteiger partial charge is 0.342 e. The Labute approximate surface area is 290 Å². The van der Waals surface area contributed by atoms with Gasteiger partial charge in [0.25, 0.3) is 21.6 Å². The Balaban J connectivity index is 1.14. The maximum absolute atomic E-state index is 14.2. The van der Waals surface area contributed by atoms with Crippen molar-refractivity contribution < 1.29 is 36.3 Å². The van der Waals surface area contributed by atoms with Gasteiger partial charge in [-0.05, 0) is 86.2 Å². The summed E-state index contributed by atoms with van der Waals surface area (Å²) in [6.45, 7) is 0. The normalized spacial score (nSPS) is 21.3. The van der Waals surface area contributed by atoms with Crippen molar-refractivity contribution in [3.63, 3.8) is 0 Å². The second-order valence-electron chi connectivity index (χ2n) is 13.6. The second-order valence-corrected chi connectivity index (χ2v) is 15.3. The monoisotopic (exact) mass is 724 g/mol. The van der Waals surface area contributed by atoms with E-state index in [0.29, 0.717) is 35.4 Å². The fourth-order valence-electron chi connectivity index (χ4n) is 6.96. The van der Waals surface area contributed by atoms with Crippen LogP contribution in [-0.2, 0) is 21.2 Å². The molecule has 0 bridgehead atoms. The first-order valence-electron chi connectivity index (χ1n) is 16.6. The van der Waals surface area contributed by atoms with Gasteiger partial charge < -0.3 is 5.32 Å². The van der Waals surface area contributed by atoms with Crippen molar-refractivity contribution in [1.29, 1.82) is 0 Å². The smallest absolute Gasteiger partial charge is 0.276 e. The molecule has 0 spiro atoms. The minimum Gasteiger partial charge on any atom is -0.342 e. The van der Waals surface area contributed by atoms with E-state index in [1.807, 2.05) is 12.2 Å². The number of alkyl halides is 2. The number of carbonyl (C=O) groups excluding carboxylic acids is 2. The number of aromatic nitrogens is 5. The molecule has 2 N–H and O–H groups in total. The number of allylic oxidation sites excluding steroid dienone is 2. The SMILES string of the molecule is O=C(N[C@H](c1cn2ncc(CC3(C(=O)NS(=O)(=O)c4ccc([N+](=O)[O-])cc4)CC=CCC3)cc2n1)C1CCC(F)(F)CC1)c1nonc1C1CC1. The molecule has 18 heteroatoms. The maximum Gasteiger partial charge on any atom is 0.276 e. The van der Waals surface area contributed by atoms with Gasteiger partial charge in [0.2, 0.25) is 11.8 Å². The third-order valence-corrected chi connectivity index (χ3v) is 11.3. The second kappa shape index (κ2) is 13.2. The minimum atomic E-state index is -4.35. The summed E-state index contributed by atoms with van der Waals surface area (Å²) in [6, 6.07) is 5.21. The predicted molar refractivity (Wildman–Crippen MR) is 174 cm³/mol. The summed E-state index contributed by atoms with van der Waals surface area (Å²) in [5, 5.41) is 26.2. The number of sulfonamides is 1. The van der Waals surface area contributed by atoms with Crippen LogP contribution < -0.4 is 10.0 Å². The lowest BCUT2D eigenvalue weighted by atomic mass is 9.72. The van der Waals surface area contributed by atoms with Crippen LogP contribution in [0.5, 0.6) is 0 Å². The summed E-state index contributed by atoms with van der Waals surface area (Å²) in [5.74, 6) is -4.30. The molecule has 2 fully saturated rings. The Morgan fingerprint density at radius 2 is 1.82 bits per heavy atom. The van der Waals surface area contributed by atoms with Crippen LogP contribution in [0.25, 0.3) is 5.65 Å². The van der Waals surface area contributed by atoms with Crippen molar-refractivity contribution in [3.8, 4) is 0 Å². The van der Waals surface area contributed by atoms with Crippen molar-refractivity contribution in [2.75, 3.05) is 0 Å². The number of amides is 2. The third-order valence-electron chi connectivity index (χ3n) is 10.0. The lowest BCUT2D eigenvalue weighted by Crippen LogP contribution is -2.45. The number of benzene rings is 1. The number of nitrogens with one attached hydrogen (secondary N) is 2. The van der Waals surface area contributed by atoms with Gasteiger partial charge in [0, 0.05) is 30.9 Å². The number of halogens is 2. The van der Waals surface area contributed by atoms with E-state index in [4.69, 9.17) is 9.61 Å². The first-order chi connectivity index (χ1) is 24.3. The average Bonchev–Trinajstić information content (AvgIpc) is 3.67. The molecule has 0 radical (unpaired) electrons. The van der Waals surface area contributed by atoms with Gasteiger partial charge in [-0.1, -0.05) is 17.3 Å². The van der Waals surface area contributed by atoms with Gasteiger partial charge in [-0.2, -0.15) is 5.10 Å². The molecular formula is C33H34F2N8O7S. The lowest BCUT2D eigenvalue weighted by Gasteiger charge is -2.33. The summed E-state index contributed by atoms with van der Waals surface area (Å²) in [6.07, 6.45) is 9.55. The molecule has 0 saturated heterocycles. The van der Waals surface area contributed by atoms with Crippen LogP contribution >= 0.6 is 0 Å². The Morgan fingerprint density at radius 3 is 2.49 bits per heavy atom. The number of fused-ring (bicyclic) bond motifs is 1. The molecule has 0 aliphatic heterocycles. The number of nitro benzene ring substituents is 1. The number of hydrogen-bond acceptors (Lipinski definition) is 11. The summed E-state index contributed by atoms with van der Waals surface area (Å²) < 4.78 is 63.1. The first kappa shape index (κ1) is 34.3. The molecule has 4 aromatic rings. The van der Waals surface area contributed by atoms with E-state index in [-0.39, 0.29) is 66.6 Å². The van der Waals surface area contributed by atoms with Gasteiger partial charge >= 0.3 is 0 Å².